The highest BCUT2D eigenvalue weighted by Gasteiger charge is 2.48. The fourth-order valence-electron chi connectivity index (χ4n) is 4.28. The van der Waals surface area contributed by atoms with Crippen LogP contribution in [0.4, 0.5) is 8.78 Å². The van der Waals surface area contributed by atoms with Gasteiger partial charge in [-0.15, -0.1) is 11.3 Å². The molecule has 1 aromatic carbocycles. The summed E-state index contributed by atoms with van der Waals surface area (Å²) in [6.07, 6.45) is 2.20. The second kappa shape index (κ2) is 5.49. The highest BCUT2D eigenvalue weighted by molar-refractivity contribution is 7.20. The topological polar surface area (TPSA) is 32.3 Å². The first-order chi connectivity index (χ1) is 11.4. The zero-order valence-electron chi connectivity index (χ0n) is 13.7. The number of nitrogens with zero attached hydrogens (tertiary/aromatic N) is 1. The molecule has 2 bridgehead atoms. The molecule has 1 aromatic heterocycles. The van der Waals surface area contributed by atoms with E-state index in [2.05, 4.69) is 24.1 Å². The van der Waals surface area contributed by atoms with E-state index in [9.17, 15) is 13.6 Å². The quantitative estimate of drug-likeness (QED) is 0.894. The predicted octanol–water partition coefficient (Wildman–Crippen LogP) is 3.78. The monoisotopic (exact) mass is 350 g/mol. The molecule has 6 heteroatoms. The van der Waals surface area contributed by atoms with Crippen LogP contribution in [0.3, 0.4) is 0 Å². The van der Waals surface area contributed by atoms with Gasteiger partial charge in [0.25, 0.3) is 5.91 Å². The molecule has 1 atom stereocenters. The van der Waals surface area contributed by atoms with Gasteiger partial charge in [0.05, 0.1) is 9.58 Å². The second-order valence-corrected chi connectivity index (χ2v) is 8.40. The van der Waals surface area contributed by atoms with Crippen molar-refractivity contribution in [1.29, 1.82) is 0 Å². The molecular weight excluding hydrogens is 330 g/mol. The lowest BCUT2D eigenvalue weighted by atomic mass is 9.72. The average molecular weight is 350 g/mol. The minimum absolute atomic E-state index is 0.0785. The van der Waals surface area contributed by atoms with Crippen LogP contribution in [0.1, 0.15) is 36.4 Å². The zero-order chi connectivity index (χ0) is 17.1. The van der Waals surface area contributed by atoms with Gasteiger partial charge in [0.1, 0.15) is 11.6 Å². The molecule has 128 valence electrons. The van der Waals surface area contributed by atoms with Crippen LogP contribution in [0.2, 0.25) is 0 Å². The zero-order valence-corrected chi connectivity index (χ0v) is 14.6. The Labute approximate surface area is 143 Å². The van der Waals surface area contributed by atoms with E-state index < -0.39 is 11.6 Å². The Kier molecular flexibility index (Phi) is 3.65. The molecule has 1 unspecified atom stereocenters. The van der Waals surface area contributed by atoms with Crippen LogP contribution in [-0.2, 0) is 0 Å². The summed E-state index contributed by atoms with van der Waals surface area (Å²) in [5, 5.41) is 3.61. The molecule has 4 heterocycles. The van der Waals surface area contributed by atoms with Crippen LogP contribution in [0.15, 0.2) is 18.2 Å². The largest absolute Gasteiger partial charge is 0.346 e. The van der Waals surface area contributed by atoms with Gasteiger partial charge in [-0.25, -0.2) is 8.78 Å². The number of carbonyl (C=O) groups is 1. The van der Waals surface area contributed by atoms with E-state index in [4.69, 9.17) is 0 Å². The molecule has 2 aromatic rings. The van der Waals surface area contributed by atoms with E-state index in [1.54, 1.807) is 6.07 Å². The van der Waals surface area contributed by atoms with Crippen molar-refractivity contribution in [2.24, 2.45) is 5.92 Å². The van der Waals surface area contributed by atoms with Crippen molar-refractivity contribution in [3.8, 4) is 0 Å². The van der Waals surface area contributed by atoms with E-state index in [1.165, 1.54) is 6.07 Å². The first kappa shape index (κ1) is 16.0. The van der Waals surface area contributed by atoms with Crippen molar-refractivity contribution in [1.82, 2.24) is 10.2 Å². The Morgan fingerprint density at radius 2 is 1.96 bits per heavy atom. The first-order valence-corrected chi connectivity index (χ1v) is 9.12. The van der Waals surface area contributed by atoms with E-state index in [1.807, 2.05) is 0 Å². The number of hydrogen-bond acceptors (Lipinski definition) is 3. The molecule has 24 heavy (non-hydrogen) atoms. The van der Waals surface area contributed by atoms with Gasteiger partial charge >= 0.3 is 0 Å². The Morgan fingerprint density at radius 1 is 1.25 bits per heavy atom. The molecule has 3 aliphatic heterocycles. The van der Waals surface area contributed by atoms with Crippen LogP contribution in [0.5, 0.6) is 0 Å². The summed E-state index contributed by atoms with van der Waals surface area (Å²) in [6, 6.07) is 3.79. The van der Waals surface area contributed by atoms with E-state index in [0.29, 0.717) is 20.9 Å². The van der Waals surface area contributed by atoms with Crippen molar-refractivity contribution in [2.45, 2.75) is 38.3 Å². The average Bonchev–Trinajstić information content (AvgIpc) is 2.95. The van der Waals surface area contributed by atoms with Gasteiger partial charge in [0.2, 0.25) is 0 Å². The van der Waals surface area contributed by atoms with Crippen molar-refractivity contribution in [2.75, 3.05) is 13.1 Å². The molecule has 1 N–H and O–H groups in total. The molecule has 1 amide bonds. The molecule has 0 aliphatic carbocycles. The Bertz CT molecular complexity index is 809. The van der Waals surface area contributed by atoms with Crippen LogP contribution >= 0.6 is 11.3 Å². The highest BCUT2D eigenvalue weighted by Crippen LogP contribution is 2.39. The van der Waals surface area contributed by atoms with Crippen LogP contribution < -0.4 is 5.32 Å². The Hall–Kier alpha value is -1.53. The van der Waals surface area contributed by atoms with Gasteiger partial charge in [-0.05, 0) is 63.2 Å². The predicted molar refractivity (Wildman–Crippen MR) is 91.4 cm³/mol. The molecule has 0 saturated carbocycles. The van der Waals surface area contributed by atoms with Crippen LogP contribution in [-0.4, -0.2) is 35.5 Å². The van der Waals surface area contributed by atoms with Crippen LogP contribution in [0.25, 0.3) is 10.1 Å². The van der Waals surface area contributed by atoms with Crippen molar-refractivity contribution in [3.63, 3.8) is 0 Å². The van der Waals surface area contributed by atoms with Gasteiger partial charge in [-0.1, -0.05) is 0 Å². The van der Waals surface area contributed by atoms with Gasteiger partial charge < -0.3 is 5.32 Å². The summed E-state index contributed by atoms with van der Waals surface area (Å²) >= 11 is 1.08. The Balaban J connectivity index is 1.61. The third kappa shape index (κ3) is 2.43. The minimum Gasteiger partial charge on any atom is -0.346 e. The van der Waals surface area contributed by atoms with E-state index >= 15 is 0 Å². The number of rotatable bonds is 2. The lowest BCUT2D eigenvalue weighted by Gasteiger charge is -2.56. The van der Waals surface area contributed by atoms with Crippen molar-refractivity contribution in [3.05, 3.63) is 34.7 Å². The number of amides is 1. The molecule has 3 saturated heterocycles. The molecule has 0 spiro atoms. The summed E-state index contributed by atoms with van der Waals surface area (Å²) < 4.78 is 27.5. The third-order valence-electron chi connectivity index (χ3n) is 5.63. The minimum atomic E-state index is -0.622. The molecule has 3 aliphatic rings. The number of fused-ring (bicyclic) bond motifs is 4. The summed E-state index contributed by atoms with van der Waals surface area (Å²) in [5.74, 6) is -0.944. The number of thiophene rings is 1. The lowest BCUT2D eigenvalue weighted by Crippen LogP contribution is -2.69. The maximum atomic E-state index is 13.9. The van der Waals surface area contributed by atoms with Gasteiger partial charge in [-0.3, -0.25) is 9.69 Å². The SMILES string of the molecule is CC1(C)C(NC(=O)c2cc3cc(F)cc(F)c3s2)C2CCN1CC2. The number of hydrogen-bond donors (Lipinski definition) is 1. The fourth-order valence-corrected chi connectivity index (χ4v) is 5.23. The number of benzene rings is 1. The number of carbonyl (C=O) groups excluding carboxylic acids is 1. The summed E-state index contributed by atoms with van der Waals surface area (Å²) in [7, 11) is 0. The maximum Gasteiger partial charge on any atom is 0.261 e. The molecule has 5 rings (SSSR count). The molecular formula is C18H20F2N2OS. The third-order valence-corrected chi connectivity index (χ3v) is 6.79. The summed E-state index contributed by atoms with van der Waals surface area (Å²) in [5.41, 5.74) is -0.0785. The van der Waals surface area contributed by atoms with Crippen molar-refractivity contribution < 1.29 is 13.6 Å². The normalized spacial score (nSPS) is 28.2. The molecule has 0 radical (unpaired) electrons. The molecule has 3 fully saturated rings. The first-order valence-electron chi connectivity index (χ1n) is 8.31. The Morgan fingerprint density at radius 3 is 2.62 bits per heavy atom. The van der Waals surface area contributed by atoms with Gasteiger partial charge in [-0.2, -0.15) is 0 Å². The number of nitrogens with one attached hydrogen (secondary N) is 1. The van der Waals surface area contributed by atoms with E-state index in [-0.39, 0.29) is 17.5 Å². The summed E-state index contributed by atoms with van der Waals surface area (Å²) in [4.78, 5) is 15.6. The van der Waals surface area contributed by atoms with Crippen molar-refractivity contribution >= 4 is 27.3 Å². The van der Waals surface area contributed by atoms with Gasteiger partial charge in [0, 0.05) is 17.6 Å². The summed E-state index contributed by atoms with van der Waals surface area (Å²) in [6.45, 7) is 6.50. The van der Waals surface area contributed by atoms with Crippen LogP contribution in [0, 0.1) is 17.6 Å². The fraction of sp³-hybridized carbons (Fsp3) is 0.500. The second-order valence-electron chi connectivity index (χ2n) is 7.35. The van der Waals surface area contributed by atoms with E-state index in [0.717, 1.165) is 43.3 Å². The standard InChI is InChI=1S/C18H20F2N2OS/c1-18(2)16(10-3-5-22(18)6-4-10)21-17(23)14-8-11-7-12(19)9-13(20)15(11)24-14/h7-10,16H,3-6H2,1-2H3,(H,21,23). The lowest BCUT2D eigenvalue weighted by molar-refractivity contribution is -0.0377. The molecule has 3 nitrogen and oxygen atoms in total. The number of halogens is 2. The van der Waals surface area contributed by atoms with Gasteiger partial charge in [0.15, 0.2) is 0 Å². The number of piperidine rings is 3. The maximum absolute atomic E-state index is 13.9. The smallest absolute Gasteiger partial charge is 0.261 e. The highest BCUT2D eigenvalue weighted by atomic mass is 32.1.